The Hall–Kier alpha value is -3.12. The number of aldehydes is 1. The molecule has 0 bridgehead atoms. The molecule has 9 nitrogen and oxygen atoms in total. The number of allylic oxidation sites excluding steroid dienone is 3. The van der Waals surface area contributed by atoms with E-state index < -0.39 is 20.2 Å². The van der Waals surface area contributed by atoms with Gasteiger partial charge in [-0.25, -0.2) is 0 Å². The van der Waals surface area contributed by atoms with Gasteiger partial charge in [-0.2, -0.15) is 21.4 Å². The summed E-state index contributed by atoms with van der Waals surface area (Å²) in [4.78, 5) is 12.6. The van der Waals surface area contributed by atoms with E-state index in [1.54, 1.807) is 19.1 Å². The summed E-state index contributed by atoms with van der Waals surface area (Å²) in [5, 5.41) is 0. The highest BCUT2D eigenvalue weighted by Gasteiger charge is 2.19. The van der Waals surface area contributed by atoms with E-state index in [4.69, 9.17) is 0 Å². The maximum atomic E-state index is 11.6. The number of unbranched alkanes of at least 4 members (excludes halogenated alkanes) is 3. The van der Waals surface area contributed by atoms with Crippen LogP contribution in [0.5, 0.6) is 0 Å². The van der Waals surface area contributed by atoms with Crippen LogP contribution >= 0.6 is 0 Å². The van der Waals surface area contributed by atoms with Crippen LogP contribution in [0.3, 0.4) is 0 Å². The molecule has 0 aliphatic carbocycles. The zero-order chi connectivity index (χ0) is 31.5. The first-order chi connectivity index (χ1) is 19.7. The van der Waals surface area contributed by atoms with Crippen molar-refractivity contribution in [3.05, 3.63) is 71.8 Å². The molecule has 11 heteroatoms. The Morgan fingerprint density at radius 2 is 1.55 bits per heavy atom. The lowest BCUT2D eigenvalue weighted by Gasteiger charge is -2.32. The quantitative estimate of drug-likeness (QED) is 0.0577. The molecule has 1 unspecified atom stereocenters. The molecule has 0 aliphatic rings. The molecule has 2 N–H and O–H groups in total. The number of carbonyl (C=O) groups is 1. The summed E-state index contributed by atoms with van der Waals surface area (Å²) in [7, 11) is -8.55. The molecule has 1 atom stereocenters. The zero-order valence-corrected chi connectivity index (χ0v) is 26.7. The normalized spacial score (nSPS) is 13.9. The van der Waals surface area contributed by atoms with E-state index in [0.717, 1.165) is 66.7 Å². The van der Waals surface area contributed by atoms with Crippen LogP contribution in [0.25, 0.3) is 0 Å². The van der Waals surface area contributed by atoms with Gasteiger partial charge in [0.2, 0.25) is 5.69 Å². The van der Waals surface area contributed by atoms with Crippen LogP contribution in [0.2, 0.25) is 0 Å². The molecule has 230 valence electrons. The molecule has 0 aliphatic heterocycles. The van der Waals surface area contributed by atoms with Gasteiger partial charge in [0.25, 0.3) is 20.2 Å². The van der Waals surface area contributed by atoms with Gasteiger partial charge < -0.3 is 9.69 Å². The molecule has 2 aromatic rings. The van der Waals surface area contributed by atoms with E-state index in [-0.39, 0.29) is 15.8 Å². The van der Waals surface area contributed by atoms with Crippen LogP contribution in [0.15, 0.2) is 70.5 Å². The minimum Gasteiger partial charge on any atom is -0.368 e. The second-order valence-corrected chi connectivity index (χ2v) is 13.2. The molecule has 42 heavy (non-hydrogen) atoms. The molecule has 0 fully saturated rings. The van der Waals surface area contributed by atoms with E-state index in [1.165, 1.54) is 24.3 Å². The summed E-state index contributed by atoms with van der Waals surface area (Å²) in [5.74, 6) is 0. The highest BCUT2D eigenvalue weighted by atomic mass is 32.2. The topological polar surface area (TPSA) is 132 Å². The standard InChI is InChI=1S/C31H42N2O7S2/c1-6-32(30-18-16-28(22-24(30)2)41(35,36)37)26(4)14-10-9-11-15-27(5)33(20-12-7-8-13-21-34)31-19-17-29(23-25(31)3)42(38,39)40/h9-11,14,16-19,21-23,27H,6-8,12-13,15,20H2,1-5H3,(H-,35,36,37,38,39,40)/p+1/b11-9+,14-10+,32-26+. The molecular formula is C31H43N2O7S2+. The third-order valence-corrected chi connectivity index (χ3v) is 8.79. The number of nitrogens with zero attached hydrogens (tertiary/aromatic N) is 2. The smallest absolute Gasteiger partial charge is 0.294 e. The Morgan fingerprint density at radius 1 is 0.929 bits per heavy atom. The van der Waals surface area contributed by atoms with E-state index in [0.29, 0.717) is 13.0 Å². The van der Waals surface area contributed by atoms with E-state index >= 15 is 0 Å². The Bertz CT molecular complexity index is 1540. The molecular weight excluding hydrogens is 576 g/mol. The second-order valence-electron chi connectivity index (χ2n) is 10.3. The Morgan fingerprint density at radius 3 is 2.10 bits per heavy atom. The molecule has 0 radical (unpaired) electrons. The van der Waals surface area contributed by atoms with Gasteiger partial charge in [0, 0.05) is 49.3 Å². The molecule has 0 aromatic heterocycles. The van der Waals surface area contributed by atoms with Crippen molar-refractivity contribution in [3.8, 4) is 0 Å². The monoisotopic (exact) mass is 619 g/mol. The maximum Gasteiger partial charge on any atom is 0.294 e. The number of benzene rings is 2. The minimum atomic E-state index is -4.29. The Balaban J connectivity index is 2.20. The van der Waals surface area contributed by atoms with Crippen LogP contribution < -0.4 is 4.90 Å². The first-order valence-electron chi connectivity index (χ1n) is 14.0. The number of hydrogen-bond acceptors (Lipinski definition) is 6. The highest BCUT2D eigenvalue weighted by Crippen LogP contribution is 2.27. The summed E-state index contributed by atoms with van der Waals surface area (Å²) in [6, 6.07) is 9.25. The molecule has 2 rings (SSSR count). The van der Waals surface area contributed by atoms with Crippen molar-refractivity contribution < 1.29 is 35.3 Å². The zero-order valence-electron chi connectivity index (χ0n) is 25.0. The van der Waals surface area contributed by atoms with Crippen molar-refractivity contribution >= 4 is 43.6 Å². The van der Waals surface area contributed by atoms with Crippen molar-refractivity contribution in [2.24, 2.45) is 0 Å². The van der Waals surface area contributed by atoms with Gasteiger partial charge in [-0.15, -0.1) is 0 Å². The van der Waals surface area contributed by atoms with Gasteiger partial charge in [0.15, 0.2) is 5.71 Å². The molecule has 0 spiro atoms. The molecule has 0 amide bonds. The van der Waals surface area contributed by atoms with E-state index in [9.17, 15) is 30.7 Å². The summed E-state index contributed by atoms with van der Waals surface area (Å²) < 4.78 is 66.9. The fourth-order valence-corrected chi connectivity index (χ4v) is 5.97. The van der Waals surface area contributed by atoms with Crippen molar-refractivity contribution in [1.82, 2.24) is 0 Å². The maximum absolute atomic E-state index is 11.6. The second kappa shape index (κ2) is 15.9. The van der Waals surface area contributed by atoms with Gasteiger partial charge >= 0.3 is 0 Å². The van der Waals surface area contributed by atoms with Crippen LogP contribution in [0.1, 0.15) is 64.0 Å². The first kappa shape index (κ1) is 35.1. The summed E-state index contributed by atoms with van der Waals surface area (Å²) in [5.41, 5.74) is 4.19. The summed E-state index contributed by atoms with van der Waals surface area (Å²) in [6.45, 7) is 11.1. The van der Waals surface area contributed by atoms with Gasteiger partial charge in [-0.1, -0.05) is 24.6 Å². The fourth-order valence-electron chi connectivity index (χ4n) is 4.84. The Kier molecular flexibility index (Phi) is 13.3. The molecule has 0 saturated heterocycles. The summed E-state index contributed by atoms with van der Waals surface area (Å²) in [6.07, 6.45) is 12.8. The predicted molar refractivity (Wildman–Crippen MR) is 167 cm³/mol. The van der Waals surface area contributed by atoms with Gasteiger partial charge in [-0.05, 0) is 82.9 Å². The largest absolute Gasteiger partial charge is 0.368 e. The lowest BCUT2D eigenvalue weighted by atomic mass is 10.1. The predicted octanol–water partition coefficient (Wildman–Crippen LogP) is 6.08. The van der Waals surface area contributed by atoms with Gasteiger partial charge in [-0.3, -0.25) is 9.11 Å². The van der Waals surface area contributed by atoms with Crippen molar-refractivity contribution in [3.63, 3.8) is 0 Å². The Labute approximate surface area is 250 Å². The number of aryl methyl sites for hydroxylation is 2. The number of carbonyl (C=O) groups excluding carboxylic acids is 1. The lowest BCUT2D eigenvalue weighted by molar-refractivity contribution is -0.436. The van der Waals surface area contributed by atoms with Gasteiger partial charge in [0.05, 0.1) is 9.79 Å². The third-order valence-electron chi connectivity index (χ3n) is 7.09. The minimum absolute atomic E-state index is 0.0946. The average Bonchev–Trinajstić information content (AvgIpc) is 2.91. The van der Waals surface area contributed by atoms with E-state index in [2.05, 4.69) is 22.5 Å². The average molecular weight is 620 g/mol. The number of rotatable bonds is 16. The SMILES string of the molecule is CC\[N+](=C(C)/C=C/C=C/CC(C)N(CCCCCC=O)c1ccc(S(=O)(=O)O)cc1C)c1ccc(S(=O)(=O)O)cc1C. The lowest BCUT2D eigenvalue weighted by Crippen LogP contribution is -2.34. The molecule has 2 aromatic carbocycles. The van der Waals surface area contributed by atoms with E-state index in [1.807, 2.05) is 39.0 Å². The number of hydrogen-bond donors (Lipinski definition) is 2. The van der Waals surface area contributed by atoms with Crippen LogP contribution in [0.4, 0.5) is 11.4 Å². The number of anilines is 1. The molecule has 0 saturated carbocycles. The van der Waals surface area contributed by atoms with Crippen LogP contribution in [-0.4, -0.2) is 61.6 Å². The van der Waals surface area contributed by atoms with Crippen LogP contribution in [0, 0.1) is 13.8 Å². The summed E-state index contributed by atoms with van der Waals surface area (Å²) >= 11 is 0. The van der Waals surface area contributed by atoms with Crippen molar-refractivity contribution in [2.75, 3.05) is 18.0 Å². The first-order valence-corrected chi connectivity index (χ1v) is 16.9. The highest BCUT2D eigenvalue weighted by molar-refractivity contribution is 7.86. The van der Waals surface area contributed by atoms with Crippen LogP contribution in [-0.2, 0) is 25.0 Å². The molecule has 0 heterocycles. The third kappa shape index (κ3) is 10.3. The fraction of sp³-hybridized carbons (Fsp3) is 0.419. The van der Waals surface area contributed by atoms with Crippen molar-refractivity contribution in [1.29, 1.82) is 0 Å². The van der Waals surface area contributed by atoms with Gasteiger partial charge in [0.1, 0.15) is 12.8 Å². The van der Waals surface area contributed by atoms with Crippen molar-refractivity contribution in [2.45, 2.75) is 82.6 Å².